The summed E-state index contributed by atoms with van der Waals surface area (Å²) in [6, 6.07) is 6.30. The summed E-state index contributed by atoms with van der Waals surface area (Å²) in [5, 5.41) is 5.56. The Hall–Kier alpha value is -2.71. The average Bonchev–Trinajstić information content (AvgIpc) is 3.34. The molecule has 3 aromatic heterocycles. The van der Waals surface area contributed by atoms with Crippen LogP contribution in [-0.2, 0) is 9.47 Å². The Morgan fingerprint density at radius 3 is 2.91 bits per heavy atom. The Morgan fingerprint density at radius 2 is 2.12 bits per heavy atom. The van der Waals surface area contributed by atoms with Gasteiger partial charge in [-0.2, -0.15) is 5.10 Å². The molecule has 8 heteroatoms. The molecule has 2 unspecified atom stereocenters. The van der Waals surface area contributed by atoms with Crippen molar-refractivity contribution in [3.05, 3.63) is 30.6 Å². The van der Waals surface area contributed by atoms with Crippen LogP contribution in [0, 0.1) is 0 Å². The summed E-state index contributed by atoms with van der Waals surface area (Å²) in [6.45, 7) is 9.34. The van der Waals surface area contributed by atoms with Crippen molar-refractivity contribution in [1.29, 1.82) is 0 Å². The quantitative estimate of drug-likeness (QED) is 0.542. The summed E-state index contributed by atoms with van der Waals surface area (Å²) in [4.78, 5) is 12.2. The van der Waals surface area contributed by atoms with Gasteiger partial charge >= 0.3 is 0 Å². The number of fused-ring (bicyclic) bond motifs is 1. The molecule has 2 aliphatic heterocycles. The van der Waals surface area contributed by atoms with Gasteiger partial charge in [0.05, 0.1) is 31.1 Å². The number of hydrogen-bond donors (Lipinski definition) is 0. The van der Waals surface area contributed by atoms with Gasteiger partial charge in [-0.25, -0.2) is 9.67 Å². The Morgan fingerprint density at radius 1 is 1.21 bits per heavy atom. The van der Waals surface area contributed by atoms with Gasteiger partial charge in [0.15, 0.2) is 6.23 Å². The van der Waals surface area contributed by atoms with Crippen LogP contribution in [0.2, 0.25) is 0 Å². The van der Waals surface area contributed by atoms with E-state index >= 15 is 0 Å². The maximum atomic E-state index is 6.39. The Balaban J connectivity index is 1.65. The fraction of sp³-hybridized carbons (Fsp3) is 0.560. The van der Waals surface area contributed by atoms with Crippen LogP contribution in [0.1, 0.15) is 52.7 Å². The average molecular weight is 452 g/mol. The molecular weight excluding hydrogens is 418 g/mol. The number of pyridine rings is 2. The van der Waals surface area contributed by atoms with E-state index in [1.54, 1.807) is 0 Å². The van der Waals surface area contributed by atoms with E-state index < -0.39 is 0 Å². The van der Waals surface area contributed by atoms with Gasteiger partial charge in [-0.3, -0.25) is 4.98 Å². The Bertz CT molecular complexity index is 1090. The van der Waals surface area contributed by atoms with E-state index in [2.05, 4.69) is 36.8 Å². The summed E-state index contributed by atoms with van der Waals surface area (Å²) >= 11 is 0. The maximum Gasteiger partial charge on any atom is 0.150 e. The molecule has 0 bridgehead atoms. The molecule has 3 atom stereocenters. The largest absolute Gasteiger partial charge is 0.490 e. The molecule has 2 fully saturated rings. The van der Waals surface area contributed by atoms with Gasteiger partial charge in [-0.05, 0) is 51.7 Å². The van der Waals surface area contributed by atoms with Crippen LogP contribution in [0.5, 0.6) is 5.75 Å². The SMILES string of the molecule is CCC(C)Oc1cc(N2CCOC[C@H]2C)nc2c(-c3ccnn3C3CCCCO3)nccc12. The number of anilines is 1. The van der Waals surface area contributed by atoms with Crippen molar-refractivity contribution in [1.82, 2.24) is 19.7 Å². The first-order chi connectivity index (χ1) is 16.2. The molecule has 0 N–H and O–H groups in total. The van der Waals surface area contributed by atoms with Crippen LogP contribution < -0.4 is 9.64 Å². The van der Waals surface area contributed by atoms with Crippen molar-refractivity contribution in [3.8, 4) is 17.1 Å². The fourth-order valence-electron chi connectivity index (χ4n) is 4.56. The van der Waals surface area contributed by atoms with Crippen molar-refractivity contribution in [2.75, 3.05) is 31.3 Å². The molecular formula is C25H33N5O3. The highest BCUT2D eigenvalue weighted by Gasteiger charge is 2.25. The minimum atomic E-state index is -0.0703. The summed E-state index contributed by atoms with van der Waals surface area (Å²) < 4.78 is 20.0. The molecule has 5 rings (SSSR count). The first-order valence-corrected chi connectivity index (χ1v) is 12.1. The summed E-state index contributed by atoms with van der Waals surface area (Å²) in [5.41, 5.74) is 2.54. The molecule has 0 saturated carbocycles. The van der Waals surface area contributed by atoms with E-state index in [0.717, 1.165) is 72.7 Å². The molecule has 0 aromatic carbocycles. The second kappa shape index (κ2) is 9.65. The van der Waals surface area contributed by atoms with Crippen LogP contribution in [0.15, 0.2) is 30.6 Å². The van der Waals surface area contributed by atoms with Gasteiger partial charge < -0.3 is 19.1 Å². The number of rotatable bonds is 6. The summed E-state index contributed by atoms with van der Waals surface area (Å²) in [5.74, 6) is 1.73. The van der Waals surface area contributed by atoms with E-state index in [4.69, 9.17) is 24.2 Å². The van der Waals surface area contributed by atoms with E-state index in [1.807, 2.05) is 29.2 Å². The number of morpholine rings is 1. The van der Waals surface area contributed by atoms with E-state index in [0.29, 0.717) is 13.2 Å². The fourth-order valence-corrected chi connectivity index (χ4v) is 4.56. The normalized spacial score (nSPS) is 22.5. The van der Waals surface area contributed by atoms with Crippen molar-refractivity contribution in [2.45, 2.75) is 64.8 Å². The van der Waals surface area contributed by atoms with Crippen molar-refractivity contribution >= 4 is 16.7 Å². The Labute approximate surface area is 194 Å². The zero-order valence-corrected chi connectivity index (χ0v) is 19.7. The highest BCUT2D eigenvalue weighted by atomic mass is 16.5. The van der Waals surface area contributed by atoms with Gasteiger partial charge in [0.25, 0.3) is 0 Å². The molecule has 0 aliphatic carbocycles. The number of hydrogen-bond acceptors (Lipinski definition) is 7. The standard InChI is InChI=1S/C25H33N5O3/c1-4-18(3)33-21-15-22(29-12-14-31-16-17(29)2)28-24-19(21)8-10-26-25(24)20-9-11-27-30(20)23-7-5-6-13-32-23/h8-11,15,17-18,23H,4-7,12-14,16H2,1-3H3/t17-,18?,23?/m1/s1. The van der Waals surface area contributed by atoms with Gasteiger partial charge in [-0.1, -0.05) is 6.92 Å². The number of ether oxygens (including phenoxy) is 3. The monoisotopic (exact) mass is 451 g/mol. The lowest BCUT2D eigenvalue weighted by atomic mass is 10.1. The van der Waals surface area contributed by atoms with E-state index in [-0.39, 0.29) is 18.4 Å². The highest BCUT2D eigenvalue weighted by Crippen LogP contribution is 2.36. The second-order valence-electron chi connectivity index (χ2n) is 8.97. The highest BCUT2D eigenvalue weighted by molar-refractivity contribution is 5.95. The first kappa shape index (κ1) is 22.1. The topological polar surface area (TPSA) is 74.5 Å². The first-order valence-electron chi connectivity index (χ1n) is 12.1. The minimum absolute atomic E-state index is 0.0703. The zero-order valence-electron chi connectivity index (χ0n) is 19.7. The van der Waals surface area contributed by atoms with Crippen molar-refractivity contribution in [3.63, 3.8) is 0 Å². The molecule has 0 radical (unpaired) electrons. The van der Waals surface area contributed by atoms with Crippen LogP contribution in [0.25, 0.3) is 22.3 Å². The van der Waals surface area contributed by atoms with E-state index in [9.17, 15) is 0 Å². The van der Waals surface area contributed by atoms with Gasteiger partial charge in [0, 0.05) is 37.0 Å². The van der Waals surface area contributed by atoms with Crippen LogP contribution in [0.3, 0.4) is 0 Å². The molecule has 3 aromatic rings. The molecule has 176 valence electrons. The molecule has 5 heterocycles. The Kier molecular flexibility index (Phi) is 6.46. The maximum absolute atomic E-state index is 6.39. The molecule has 2 aliphatic rings. The number of aromatic nitrogens is 4. The molecule has 8 nitrogen and oxygen atoms in total. The molecule has 2 saturated heterocycles. The van der Waals surface area contributed by atoms with Crippen molar-refractivity contribution in [2.24, 2.45) is 0 Å². The van der Waals surface area contributed by atoms with E-state index in [1.165, 1.54) is 0 Å². The third kappa shape index (κ3) is 4.42. The summed E-state index contributed by atoms with van der Waals surface area (Å²) in [7, 11) is 0. The van der Waals surface area contributed by atoms with Gasteiger partial charge in [-0.15, -0.1) is 0 Å². The molecule has 0 spiro atoms. The molecule has 0 amide bonds. The summed E-state index contributed by atoms with van der Waals surface area (Å²) in [6.07, 6.45) is 7.79. The lowest BCUT2D eigenvalue weighted by molar-refractivity contribution is -0.0383. The minimum Gasteiger partial charge on any atom is -0.490 e. The van der Waals surface area contributed by atoms with Gasteiger partial charge in [0.2, 0.25) is 0 Å². The van der Waals surface area contributed by atoms with Crippen LogP contribution in [0.4, 0.5) is 5.82 Å². The predicted molar refractivity (Wildman–Crippen MR) is 128 cm³/mol. The van der Waals surface area contributed by atoms with Crippen molar-refractivity contribution < 1.29 is 14.2 Å². The van der Waals surface area contributed by atoms with Gasteiger partial charge in [0.1, 0.15) is 22.8 Å². The predicted octanol–water partition coefficient (Wildman–Crippen LogP) is 4.59. The lowest BCUT2D eigenvalue weighted by Gasteiger charge is -2.34. The second-order valence-corrected chi connectivity index (χ2v) is 8.97. The van der Waals surface area contributed by atoms with Crippen LogP contribution in [-0.4, -0.2) is 58.3 Å². The zero-order chi connectivity index (χ0) is 22.8. The lowest BCUT2D eigenvalue weighted by Crippen LogP contribution is -2.44. The third-order valence-corrected chi connectivity index (χ3v) is 6.58. The number of nitrogens with zero attached hydrogens (tertiary/aromatic N) is 5. The molecule has 33 heavy (non-hydrogen) atoms. The smallest absolute Gasteiger partial charge is 0.150 e. The van der Waals surface area contributed by atoms with Crippen LogP contribution >= 0.6 is 0 Å². The third-order valence-electron chi connectivity index (χ3n) is 6.58.